The van der Waals surface area contributed by atoms with Gasteiger partial charge in [-0.25, -0.2) is 4.98 Å². The van der Waals surface area contributed by atoms with Crippen molar-refractivity contribution in [3.63, 3.8) is 0 Å². The van der Waals surface area contributed by atoms with Crippen LogP contribution in [0.25, 0.3) is 0 Å². The first-order valence-corrected chi connectivity index (χ1v) is 7.17. The molecule has 0 atom stereocenters. The van der Waals surface area contributed by atoms with Crippen LogP contribution in [0.1, 0.15) is 30.0 Å². The Morgan fingerprint density at radius 2 is 2.23 bits per heavy atom. The molecule has 0 saturated carbocycles. The number of rotatable bonds is 6. The number of ether oxygens (including phenoxy) is 1. The lowest BCUT2D eigenvalue weighted by molar-refractivity contribution is 0.0949. The molecule has 0 spiro atoms. The molecule has 5 heteroatoms. The van der Waals surface area contributed by atoms with Crippen LogP contribution >= 0.6 is 0 Å². The highest BCUT2D eigenvalue weighted by molar-refractivity contribution is 5.94. The van der Waals surface area contributed by atoms with E-state index in [9.17, 15) is 4.79 Å². The van der Waals surface area contributed by atoms with Gasteiger partial charge in [-0.3, -0.25) is 4.79 Å². The molecule has 22 heavy (non-hydrogen) atoms. The first-order chi connectivity index (χ1) is 10.6. The number of imidazole rings is 1. The van der Waals surface area contributed by atoms with E-state index < -0.39 is 0 Å². The van der Waals surface area contributed by atoms with Gasteiger partial charge in [-0.2, -0.15) is 0 Å². The monoisotopic (exact) mass is 299 g/mol. The van der Waals surface area contributed by atoms with E-state index in [-0.39, 0.29) is 5.91 Å². The summed E-state index contributed by atoms with van der Waals surface area (Å²) in [5.41, 5.74) is 1.77. The average Bonchev–Trinajstić information content (AvgIpc) is 2.90. The predicted molar refractivity (Wildman–Crippen MR) is 85.7 cm³/mol. The molecule has 1 heterocycles. The Bertz CT molecular complexity index is 670. The van der Waals surface area contributed by atoms with Crippen LogP contribution in [-0.2, 0) is 13.6 Å². The van der Waals surface area contributed by atoms with Crippen molar-refractivity contribution in [2.75, 3.05) is 6.61 Å². The average molecular weight is 299 g/mol. The van der Waals surface area contributed by atoms with Crippen molar-refractivity contribution >= 4 is 5.91 Å². The summed E-state index contributed by atoms with van der Waals surface area (Å²) < 4.78 is 7.48. The van der Waals surface area contributed by atoms with Crippen LogP contribution in [0.5, 0.6) is 5.75 Å². The van der Waals surface area contributed by atoms with Crippen molar-refractivity contribution in [3.8, 4) is 5.75 Å². The van der Waals surface area contributed by atoms with E-state index in [0.29, 0.717) is 24.5 Å². The number of aryl methyl sites for hydroxylation is 1. The van der Waals surface area contributed by atoms with E-state index in [2.05, 4.69) is 10.3 Å². The second kappa shape index (κ2) is 7.45. The number of hydrogen-bond acceptors (Lipinski definition) is 3. The van der Waals surface area contributed by atoms with E-state index in [0.717, 1.165) is 5.82 Å². The molecule has 116 valence electrons. The van der Waals surface area contributed by atoms with E-state index >= 15 is 0 Å². The largest absolute Gasteiger partial charge is 0.490 e. The molecular formula is C17H21N3O2. The Kier molecular flexibility index (Phi) is 5.36. The Morgan fingerprint density at radius 1 is 1.41 bits per heavy atom. The molecule has 1 aromatic carbocycles. The topological polar surface area (TPSA) is 56.1 Å². The number of carbonyl (C=O) groups excluding carboxylic acids is 1. The summed E-state index contributed by atoms with van der Waals surface area (Å²) in [6.07, 6.45) is 5.55. The molecule has 1 amide bonds. The van der Waals surface area contributed by atoms with Gasteiger partial charge in [0.2, 0.25) is 0 Å². The maximum absolute atomic E-state index is 12.2. The van der Waals surface area contributed by atoms with E-state index in [4.69, 9.17) is 4.74 Å². The van der Waals surface area contributed by atoms with Crippen LogP contribution in [-0.4, -0.2) is 22.1 Å². The van der Waals surface area contributed by atoms with Gasteiger partial charge in [0.05, 0.1) is 6.54 Å². The van der Waals surface area contributed by atoms with Crippen molar-refractivity contribution in [2.45, 2.75) is 20.4 Å². The standard InChI is InChI=1S/C17H21N3O2/c1-13(2)7-10-22-15-6-4-5-14(11-15)17(21)19-12-16-18-8-9-20(16)3/h4-9,11H,10,12H2,1-3H3,(H,19,21). The van der Waals surface area contributed by atoms with Gasteiger partial charge < -0.3 is 14.6 Å². The van der Waals surface area contributed by atoms with Gasteiger partial charge in [0.25, 0.3) is 5.91 Å². The molecule has 5 nitrogen and oxygen atoms in total. The zero-order chi connectivity index (χ0) is 15.9. The third-order valence-corrected chi connectivity index (χ3v) is 3.17. The van der Waals surface area contributed by atoms with Crippen LogP contribution in [0.4, 0.5) is 0 Å². The normalized spacial score (nSPS) is 10.1. The number of nitrogens with zero attached hydrogens (tertiary/aromatic N) is 2. The lowest BCUT2D eigenvalue weighted by Crippen LogP contribution is -2.24. The maximum Gasteiger partial charge on any atom is 0.251 e. The predicted octanol–water partition coefficient (Wildman–Crippen LogP) is 2.70. The first kappa shape index (κ1) is 15.8. The fourth-order valence-corrected chi connectivity index (χ4v) is 1.86. The second-order valence-corrected chi connectivity index (χ2v) is 5.26. The van der Waals surface area contributed by atoms with E-state index in [1.807, 2.05) is 49.9 Å². The summed E-state index contributed by atoms with van der Waals surface area (Å²) in [7, 11) is 1.90. The number of benzene rings is 1. The molecule has 0 bridgehead atoms. The van der Waals surface area contributed by atoms with Gasteiger partial charge in [0, 0.05) is 25.0 Å². The number of carbonyl (C=O) groups is 1. The molecule has 2 aromatic rings. The summed E-state index contributed by atoms with van der Waals surface area (Å²) in [5.74, 6) is 1.35. The van der Waals surface area contributed by atoms with Crippen molar-refractivity contribution in [2.24, 2.45) is 7.05 Å². The number of allylic oxidation sites excluding steroid dienone is 1. The lowest BCUT2D eigenvalue weighted by atomic mass is 10.2. The van der Waals surface area contributed by atoms with Crippen molar-refractivity contribution in [1.82, 2.24) is 14.9 Å². The van der Waals surface area contributed by atoms with Gasteiger partial charge in [-0.1, -0.05) is 11.6 Å². The van der Waals surface area contributed by atoms with E-state index in [1.54, 1.807) is 18.3 Å². The fraction of sp³-hybridized carbons (Fsp3) is 0.294. The van der Waals surface area contributed by atoms with Crippen molar-refractivity contribution < 1.29 is 9.53 Å². The molecule has 0 aliphatic carbocycles. The fourth-order valence-electron chi connectivity index (χ4n) is 1.86. The van der Waals surface area contributed by atoms with Crippen LogP contribution in [0.15, 0.2) is 48.3 Å². The second-order valence-electron chi connectivity index (χ2n) is 5.26. The van der Waals surface area contributed by atoms with Crippen molar-refractivity contribution in [3.05, 3.63) is 59.7 Å². The molecule has 1 N–H and O–H groups in total. The zero-order valence-electron chi connectivity index (χ0n) is 13.2. The zero-order valence-corrected chi connectivity index (χ0v) is 13.2. The maximum atomic E-state index is 12.2. The van der Waals surface area contributed by atoms with Gasteiger partial charge in [-0.05, 0) is 38.1 Å². The molecule has 0 aliphatic rings. The van der Waals surface area contributed by atoms with Crippen LogP contribution in [0, 0.1) is 0 Å². The summed E-state index contributed by atoms with van der Waals surface area (Å²) in [6, 6.07) is 7.16. The highest BCUT2D eigenvalue weighted by atomic mass is 16.5. The summed E-state index contributed by atoms with van der Waals surface area (Å²) in [4.78, 5) is 16.3. The highest BCUT2D eigenvalue weighted by Crippen LogP contribution is 2.13. The minimum Gasteiger partial charge on any atom is -0.490 e. The van der Waals surface area contributed by atoms with Gasteiger partial charge in [-0.15, -0.1) is 0 Å². The molecule has 1 aromatic heterocycles. The van der Waals surface area contributed by atoms with Gasteiger partial charge in [0.1, 0.15) is 18.2 Å². The molecular weight excluding hydrogens is 278 g/mol. The minimum atomic E-state index is -0.143. The Hall–Kier alpha value is -2.56. The van der Waals surface area contributed by atoms with E-state index in [1.165, 1.54) is 5.57 Å². The minimum absolute atomic E-state index is 0.143. The van der Waals surface area contributed by atoms with Gasteiger partial charge >= 0.3 is 0 Å². The molecule has 0 aliphatic heterocycles. The van der Waals surface area contributed by atoms with Gasteiger partial charge in [0.15, 0.2) is 0 Å². The molecule has 0 fully saturated rings. The Morgan fingerprint density at radius 3 is 2.91 bits per heavy atom. The quantitative estimate of drug-likeness (QED) is 0.834. The smallest absolute Gasteiger partial charge is 0.251 e. The number of amides is 1. The molecule has 0 unspecified atom stereocenters. The summed E-state index contributed by atoms with van der Waals surface area (Å²) in [5, 5.41) is 2.85. The Labute approximate surface area is 130 Å². The van der Waals surface area contributed by atoms with Crippen LogP contribution < -0.4 is 10.1 Å². The Balaban J connectivity index is 1.95. The van der Waals surface area contributed by atoms with Crippen molar-refractivity contribution in [1.29, 1.82) is 0 Å². The first-order valence-electron chi connectivity index (χ1n) is 7.17. The third kappa shape index (κ3) is 4.48. The van der Waals surface area contributed by atoms with Crippen LogP contribution in [0.3, 0.4) is 0 Å². The van der Waals surface area contributed by atoms with Crippen LogP contribution in [0.2, 0.25) is 0 Å². The molecule has 0 saturated heterocycles. The molecule has 2 rings (SSSR count). The summed E-state index contributed by atoms with van der Waals surface area (Å²) in [6.45, 7) is 4.93. The number of nitrogens with one attached hydrogen (secondary N) is 1. The highest BCUT2D eigenvalue weighted by Gasteiger charge is 2.08. The SMILES string of the molecule is CC(C)=CCOc1cccc(C(=O)NCc2nccn2C)c1. The lowest BCUT2D eigenvalue weighted by Gasteiger charge is -2.08. The third-order valence-electron chi connectivity index (χ3n) is 3.17. The number of aromatic nitrogens is 2. The molecule has 0 radical (unpaired) electrons. The number of hydrogen-bond donors (Lipinski definition) is 1. The summed E-state index contributed by atoms with van der Waals surface area (Å²) >= 11 is 0.